The average Bonchev–Trinajstić information content (AvgIpc) is 3.21. The SMILES string of the molecule is CC[NH+](Cc1ccc(Cl)s1)Cn1[nH]c(-c2cccs2)nc1=S. The van der Waals surface area contributed by atoms with Gasteiger partial charge in [-0.05, 0) is 42.7 Å². The molecule has 3 aromatic heterocycles. The molecule has 3 aromatic rings. The topological polar surface area (TPSA) is 38.0 Å². The molecule has 0 fully saturated rings. The van der Waals surface area contributed by atoms with Gasteiger partial charge in [0.2, 0.25) is 4.77 Å². The van der Waals surface area contributed by atoms with Gasteiger partial charge in [-0.25, -0.2) is 4.68 Å². The number of thiophene rings is 2. The average molecular weight is 372 g/mol. The van der Waals surface area contributed by atoms with Gasteiger partial charge in [0.05, 0.1) is 20.6 Å². The molecular weight excluding hydrogens is 356 g/mol. The van der Waals surface area contributed by atoms with E-state index in [4.69, 9.17) is 23.8 Å². The molecule has 4 nitrogen and oxygen atoms in total. The van der Waals surface area contributed by atoms with Crippen molar-refractivity contribution < 1.29 is 4.90 Å². The van der Waals surface area contributed by atoms with Gasteiger partial charge < -0.3 is 4.90 Å². The molecule has 116 valence electrons. The van der Waals surface area contributed by atoms with Crippen LogP contribution in [0.5, 0.6) is 0 Å². The predicted molar refractivity (Wildman–Crippen MR) is 95.3 cm³/mol. The van der Waals surface area contributed by atoms with Crippen LogP contribution in [-0.2, 0) is 13.2 Å². The highest BCUT2D eigenvalue weighted by atomic mass is 35.5. The number of halogens is 1. The molecule has 0 aliphatic carbocycles. The Morgan fingerprint density at radius 3 is 2.91 bits per heavy atom. The largest absolute Gasteiger partial charge is 0.312 e. The third-order valence-corrected chi connectivity index (χ3v) is 5.79. The number of aromatic amines is 1. The molecule has 0 bridgehead atoms. The fourth-order valence-electron chi connectivity index (χ4n) is 2.20. The van der Waals surface area contributed by atoms with Crippen molar-refractivity contribution in [3.05, 3.63) is 43.6 Å². The summed E-state index contributed by atoms with van der Waals surface area (Å²) < 4.78 is 3.38. The van der Waals surface area contributed by atoms with Crippen LogP contribution >= 0.6 is 46.5 Å². The van der Waals surface area contributed by atoms with Crippen molar-refractivity contribution >= 4 is 46.5 Å². The van der Waals surface area contributed by atoms with E-state index in [2.05, 4.69) is 23.1 Å². The molecule has 0 amide bonds. The zero-order valence-electron chi connectivity index (χ0n) is 12.0. The van der Waals surface area contributed by atoms with Crippen molar-refractivity contribution in [1.82, 2.24) is 14.8 Å². The van der Waals surface area contributed by atoms with E-state index >= 15 is 0 Å². The van der Waals surface area contributed by atoms with Crippen molar-refractivity contribution in [2.24, 2.45) is 0 Å². The summed E-state index contributed by atoms with van der Waals surface area (Å²) in [7, 11) is 0. The first-order chi connectivity index (χ1) is 10.7. The molecule has 0 saturated carbocycles. The van der Waals surface area contributed by atoms with Gasteiger partial charge >= 0.3 is 0 Å². The van der Waals surface area contributed by atoms with E-state index in [0.717, 1.165) is 34.8 Å². The number of nitrogens with zero attached hydrogens (tertiary/aromatic N) is 2. The lowest BCUT2D eigenvalue weighted by molar-refractivity contribution is -0.935. The Labute approximate surface area is 147 Å². The van der Waals surface area contributed by atoms with Gasteiger partial charge in [0.1, 0.15) is 6.54 Å². The van der Waals surface area contributed by atoms with Crippen LogP contribution in [0.4, 0.5) is 0 Å². The zero-order chi connectivity index (χ0) is 15.5. The minimum atomic E-state index is 0.596. The molecular formula is C14H16ClN4S3+. The molecule has 22 heavy (non-hydrogen) atoms. The summed E-state index contributed by atoms with van der Waals surface area (Å²) in [4.78, 5) is 8.24. The number of H-pyrrole nitrogens is 1. The standard InChI is InChI=1S/C14H15ClN4S3/c1-2-18(8-10-5-6-12(15)22-10)9-19-14(20)16-13(17-19)11-4-3-7-21-11/h3-7H,2,8-9H2,1H3,(H,16,17,20)/p+1. The maximum atomic E-state index is 6.01. The molecule has 0 aliphatic rings. The Balaban J connectivity index is 1.75. The normalized spacial score (nSPS) is 12.6. The summed E-state index contributed by atoms with van der Waals surface area (Å²) >= 11 is 14.7. The second-order valence-electron chi connectivity index (χ2n) is 4.90. The molecule has 3 rings (SSSR count). The number of hydrogen-bond acceptors (Lipinski definition) is 4. The van der Waals surface area contributed by atoms with Gasteiger partial charge in [-0.15, -0.1) is 22.7 Å². The van der Waals surface area contributed by atoms with Gasteiger partial charge in [-0.3, -0.25) is 5.10 Å². The van der Waals surface area contributed by atoms with Crippen LogP contribution in [0, 0.1) is 4.77 Å². The smallest absolute Gasteiger partial charge is 0.221 e. The molecule has 8 heteroatoms. The molecule has 0 radical (unpaired) electrons. The van der Waals surface area contributed by atoms with E-state index in [0.29, 0.717) is 4.77 Å². The number of quaternary nitrogens is 1. The first kappa shape index (κ1) is 15.9. The molecule has 0 spiro atoms. The Morgan fingerprint density at radius 1 is 1.41 bits per heavy atom. The lowest BCUT2D eigenvalue weighted by Crippen LogP contribution is -3.09. The van der Waals surface area contributed by atoms with E-state index in [1.165, 1.54) is 9.78 Å². The van der Waals surface area contributed by atoms with E-state index in [9.17, 15) is 0 Å². The molecule has 3 heterocycles. The molecule has 0 aromatic carbocycles. The maximum absolute atomic E-state index is 6.01. The summed E-state index contributed by atoms with van der Waals surface area (Å²) in [6.45, 7) is 4.88. The van der Waals surface area contributed by atoms with Crippen LogP contribution in [0.1, 0.15) is 11.8 Å². The van der Waals surface area contributed by atoms with E-state index < -0.39 is 0 Å². The molecule has 0 saturated heterocycles. The van der Waals surface area contributed by atoms with Crippen LogP contribution < -0.4 is 4.90 Å². The lowest BCUT2D eigenvalue weighted by atomic mass is 10.4. The van der Waals surface area contributed by atoms with Crippen LogP contribution in [0.25, 0.3) is 10.7 Å². The van der Waals surface area contributed by atoms with Crippen LogP contribution in [-0.4, -0.2) is 21.3 Å². The monoisotopic (exact) mass is 371 g/mol. The summed E-state index contributed by atoms with van der Waals surface area (Å²) in [5.74, 6) is 0.842. The molecule has 0 aliphatic heterocycles. The summed E-state index contributed by atoms with van der Waals surface area (Å²) in [6.07, 6.45) is 0. The first-order valence-electron chi connectivity index (χ1n) is 6.94. The van der Waals surface area contributed by atoms with Crippen LogP contribution in [0.2, 0.25) is 4.34 Å². The Bertz CT molecular complexity index is 787. The van der Waals surface area contributed by atoms with Crippen LogP contribution in [0.15, 0.2) is 29.6 Å². The number of rotatable bonds is 6. The number of aromatic nitrogens is 3. The van der Waals surface area contributed by atoms with Gasteiger partial charge in [0.15, 0.2) is 12.5 Å². The van der Waals surface area contributed by atoms with Crippen molar-refractivity contribution in [3.8, 4) is 10.7 Å². The van der Waals surface area contributed by atoms with Crippen molar-refractivity contribution in [1.29, 1.82) is 0 Å². The summed E-state index contributed by atoms with van der Waals surface area (Å²) in [5, 5.41) is 5.35. The molecule has 1 unspecified atom stereocenters. The van der Waals surface area contributed by atoms with Crippen molar-refractivity contribution in [2.75, 3.05) is 6.54 Å². The fourth-order valence-corrected chi connectivity index (χ4v) is 4.22. The summed E-state index contributed by atoms with van der Waals surface area (Å²) in [6, 6.07) is 8.10. The van der Waals surface area contributed by atoms with Crippen molar-refractivity contribution in [3.63, 3.8) is 0 Å². The number of hydrogen-bond donors (Lipinski definition) is 2. The maximum Gasteiger partial charge on any atom is 0.221 e. The third-order valence-electron chi connectivity index (χ3n) is 3.37. The Kier molecular flexibility index (Phi) is 5.10. The fraction of sp³-hybridized carbons (Fsp3) is 0.286. The van der Waals surface area contributed by atoms with E-state index in [1.54, 1.807) is 22.7 Å². The van der Waals surface area contributed by atoms with E-state index in [1.807, 2.05) is 28.3 Å². The lowest BCUT2D eigenvalue weighted by Gasteiger charge is -2.16. The molecule has 1 atom stereocenters. The zero-order valence-corrected chi connectivity index (χ0v) is 15.2. The predicted octanol–water partition coefficient (Wildman–Crippen LogP) is 3.45. The first-order valence-corrected chi connectivity index (χ1v) is 9.42. The van der Waals surface area contributed by atoms with Crippen molar-refractivity contribution in [2.45, 2.75) is 20.1 Å². The van der Waals surface area contributed by atoms with Gasteiger partial charge in [0.25, 0.3) is 0 Å². The van der Waals surface area contributed by atoms with Gasteiger partial charge in [0, 0.05) is 0 Å². The second kappa shape index (κ2) is 7.06. The number of nitrogens with one attached hydrogen (secondary N) is 2. The summed E-state index contributed by atoms with van der Waals surface area (Å²) in [5.41, 5.74) is 0. The minimum Gasteiger partial charge on any atom is -0.312 e. The van der Waals surface area contributed by atoms with E-state index in [-0.39, 0.29) is 0 Å². The molecule has 2 N–H and O–H groups in total. The highest BCUT2D eigenvalue weighted by molar-refractivity contribution is 7.71. The Hall–Kier alpha value is -0.990. The Morgan fingerprint density at radius 2 is 2.27 bits per heavy atom. The third kappa shape index (κ3) is 3.67. The van der Waals surface area contributed by atoms with Crippen LogP contribution in [0.3, 0.4) is 0 Å². The highest BCUT2D eigenvalue weighted by Gasteiger charge is 2.13. The quantitative estimate of drug-likeness (QED) is 0.651. The highest BCUT2D eigenvalue weighted by Crippen LogP contribution is 2.21. The minimum absolute atomic E-state index is 0.596. The second-order valence-corrected chi connectivity index (χ2v) is 8.02. The van der Waals surface area contributed by atoms with Gasteiger partial charge in [-0.1, -0.05) is 17.7 Å². The van der Waals surface area contributed by atoms with Gasteiger partial charge in [-0.2, -0.15) is 4.98 Å².